The number of aromatic nitrogens is 3. The van der Waals surface area contributed by atoms with Crippen molar-refractivity contribution in [1.29, 1.82) is 0 Å². The fraction of sp³-hybridized carbons (Fsp3) is 0.0500. The van der Waals surface area contributed by atoms with Crippen molar-refractivity contribution in [3.05, 3.63) is 98.6 Å². The first-order chi connectivity index (χ1) is 13.9. The molecule has 0 aliphatic carbocycles. The molecule has 0 aliphatic heterocycles. The number of nitrogens with one attached hydrogen (secondary N) is 2. The highest BCUT2D eigenvalue weighted by atomic mass is 19.1. The molecule has 146 valence electrons. The summed E-state index contributed by atoms with van der Waals surface area (Å²) in [6.45, 7) is -0.146. The summed E-state index contributed by atoms with van der Waals surface area (Å²) in [7, 11) is 0. The van der Waals surface area contributed by atoms with E-state index in [1.165, 1.54) is 10.8 Å². The standard InChI is InChI=1S/C20H13F3N4O2/c21-12-6-11(7-13(22)8-12)9-27-10-16(23)19(29)26-20(27)25-17-3-1-2-15-14(17)4-5-24-18(15)28/h1-8,10H,9H2,(H,24,28)(H,25,26,29). The third kappa shape index (κ3) is 3.75. The van der Waals surface area contributed by atoms with E-state index in [0.717, 1.165) is 24.4 Å². The Morgan fingerprint density at radius 2 is 1.76 bits per heavy atom. The van der Waals surface area contributed by atoms with Gasteiger partial charge in [-0.1, -0.05) is 6.07 Å². The molecule has 4 aromatic rings. The van der Waals surface area contributed by atoms with Gasteiger partial charge >= 0.3 is 5.56 Å². The number of fused-ring (bicyclic) bond motifs is 1. The van der Waals surface area contributed by atoms with Crippen LogP contribution in [-0.2, 0) is 6.54 Å². The van der Waals surface area contributed by atoms with Crippen LogP contribution in [0.3, 0.4) is 0 Å². The number of hydrogen-bond acceptors (Lipinski definition) is 4. The largest absolute Gasteiger partial charge is 0.329 e. The third-order valence-corrected chi connectivity index (χ3v) is 4.29. The molecule has 0 aliphatic rings. The van der Waals surface area contributed by atoms with E-state index in [1.807, 2.05) is 0 Å². The number of rotatable bonds is 4. The molecule has 29 heavy (non-hydrogen) atoms. The van der Waals surface area contributed by atoms with Crippen LogP contribution >= 0.6 is 0 Å². The van der Waals surface area contributed by atoms with Gasteiger partial charge in [-0.25, -0.2) is 8.78 Å². The van der Waals surface area contributed by atoms with Crippen molar-refractivity contribution in [2.75, 3.05) is 5.32 Å². The normalized spacial score (nSPS) is 11.0. The zero-order chi connectivity index (χ0) is 20.5. The first-order valence-corrected chi connectivity index (χ1v) is 8.50. The molecule has 0 unspecified atom stereocenters. The highest BCUT2D eigenvalue weighted by Crippen LogP contribution is 2.23. The zero-order valence-electron chi connectivity index (χ0n) is 14.7. The lowest BCUT2D eigenvalue weighted by atomic mass is 10.1. The highest BCUT2D eigenvalue weighted by molar-refractivity contribution is 5.94. The van der Waals surface area contributed by atoms with Gasteiger partial charge in [0.25, 0.3) is 5.56 Å². The minimum Gasteiger partial charge on any atom is -0.329 e. The Kier molecular flexibility index (Phi) is 4.63. The van der Waals surface area contributed by atoms with E-state index in [-0.39, 0.29) is 23.6 Å². The Balaban J connectivity index is 1.80. The van der Waals surface area contributed by atoms with Crippen LogP contribution in [0.25, 0.3) is 10.8 Å². The summed E-state index contributed by atoms with van der Waals surface area (Å²) < 4.78 is 42.1. The van der Waals surface area contributed by atoms with Gasteiger partial charge in [0.1, 0.15) is 11.6 Å². The number of aromatic amines is 1. The van der Waals surface area contributed by atoms with Crippen LogP contribution in [0, 0.1) is 17.5 Å². The van der Waals surface area contributed by atoms with Crippen molar-refractivity contribution in [2.45, 2.75) is 6.54 Å². The van der Waals surface area contributed by atoms with Gasteiger partial charge in [0.2, 0.25) is 11.8 Å². The quantitative estimate of drug-likeness (QED) is 0.553. The molecule has 2 heterocycles. The molecule has 0 amide bonds. The number of hydrogen-bond donors (Lipinski definition) is 2. The molecule has 2 aromatic heterocycles. The van der Waals surface area contributed by atoms with Crippen molar-refractivity contribution in [2.24, 2.45) is 0 Å². The topological polar surface area (TPSA) is 79.8 Å². The monoisotopic (exact) mass is 398 g/mol. The van der Waals surface area contributed by atoms with Crippen molar-refractivity contribution in [3.63, 3.8) is 0 Å². The van der Waals surface area contributed by atoms with E-state index in [0.29, 0.717) is 16.5 Å². The molecule has 4 rings (SSSR count). The SMILES string of the molecule is O=c1nc(Nc2cccc3c(=O)[nH]ccc23)n(Cc2cc(F)cc(F)c2)cc1F. The maximum absolute atomic E-state index is 13.8. The van der Waals surface area contributed by atoms with Crippen LogP contribution in [-0.4, -0.2) is 14.5 Å². The number of anilines is 2. The molecule has 0 spiro atoms. The van der Waals surface area contributed by atoms with Crippen LogP contribution in [0.5, 0.6) is 0 Å². The molecule has 0 atom stereocenters. The summed E-state index contributed by atoms with van der Waals surface area (Å²) in [5, 5.41) is 3.86. The number of pyridine rings is 1. The second-order valence-corrected chi connectivity index (χ2v) is 6.32. The van der Waals surface area contributed by atoms with Gasteiger partial charge in [-0.15, -0.1) is 0 Å². The molecular formula is C20H13F3N4O2. The molecule has 2 aromatic carbocycles. The van der Waals surface area contributed by atoms with Crippen molar-refractivity contribution < 1.29 is 13.2 Å². The summed E-state index contributed by atoms with van der Waals surface area (Å²) in [6, 6.07) is 9.49. The Bertz CT molecular complexity index is 1330. The molecule has 0 radical (unpaired) electrons. The first kappa shape index (κ1) is 18.5. The van der Waals surface area contributed by atoms with Crippen molar-refractivity contribution in [3.8, 4) is 0 Å². The van der Waals surface area contributed by atoms with Crippen LogP contribution in [0.1, 0.15) is 5.56 Å². The van der Waals surface area contributed by atoms with E-state index in [1.54, 1.807) is 24.3 Å². The van der Waals surface area contributed by atoms with E-state index in [4.69, 9.17) is 0 Å². The average molecular weight is 398 g/mol. The predicted octanol–water partition coefficient (Wildman–Crippen LogP) is 3.29. The Morgan fingerprint density at radius 3 is 2.52 bits per heavy atom. The highest BCUT2D eigenvalue weighted by Gasteiger charge is 2.12. The van der Waals surface area contributed by atoms with Crippen LogP contribution in [0.15, 0.2) is 64.4 Å². The number of H-pyrrole nitrogens is 1. The fourth-order valence-electron chi connectivity index (χ4n) is 3.04. The average Bonchev–Trinajstić information content (AvgIpc) is 2.66. The first-order valence-electron chi connectivity index (χ1n) is 8.50. The summed E-state index contributed by atoms with van der Waals surface area (Å²) in [6.07, 6.45) is 2.37. The van der Waals surface area contributed by atoms with Crippen LogP contribution < -0.4 is 16.4 Å². The lowest BCUT2D eigenvalue weighted by Gasteiger charge is -2.15. The van der Waals surface area contributed by atoms with E-state index in [2.05, 4.69) is 15.3 Å². The van der Waals surface area contributed by atoms with E-state index >= 15 is 0 Å². The summed E-state index contributed by atoms with van der Waals surface area (Å²) in [5.41, 5.74) is -0.728. The van der Waals surface area contributed by atoms with Gasteiger partial charge in [-0.3, -0.25) is 9.59 Å². The minimum absolute atomic E-state index is 0.0474. The molecule has 9 heteroatoms. The summed E-state index contributed by atoms with van der Waals surface area (Å²) >= 11 is 0. The molecule has 0 saturated carbocycles. The summed E-state index contributed by atoms with van der Waals surface area (Å²) in [5.74, 6) is -2.72. The lowest BCUT2D eigenvalue weighted by molar-refractivity contribution is 0.568. The molecule has 6 nitrogen and oxygen atoms in total. The van der Waals surface area contributed by atoms with Gasteiger partial charge in [0.15, 0.2) is 0 Å². The Labute approximate surface area is 161 Å². The zero-order valence-corrected chi connectivity index (χ0v) is 14.7. The fourth-order valence-corrected chi connectivity index (χ4v) is 3.04. The second-order valence-electron chi connectivity index (χ2n) is 6.32. The molecule has 2 N–H and O–H groups in total. The van der Waals surface area contributed by atoms with Crippen molar-refractivity contribution in [1.82, 2.24) is 14.5 Å². The maximum Gasteiger partial charge on any atom is 0.310 e. The molecular weight excluding hydrogens is 385 g/mol. The van der Waals surface area contributed by atoms with Gasteiger partial charge in [0.05, 0.1) is 6.54 Å². The molecule has 0 fully saturated rings. The smallest absolute Gasteiger partial charge is 0.310 e. The number of halogens is 3. The number of benzene rings is 2. The third-order valence-electron chi connectivity index (χ3n) is 4.29. The van der Waals surface area contributed by atoms with E-state index in [9.17, 15) is 22.8 Å². The van der Waals surface area contributed by atoms with Crippen molar-refractivity contribution >= 4 is 22.4 Å². The van der Waals surface area contributed by atoms with Gasteiger partial charge in [0, 0.05) is 34.9 Å². The lowest BCUT2D eigenvalue weighted by Crippen LogP contribution is -2.20. The van der Waals surface area contributed by atoms with Crippen LogP contribution in [0.4, 0.5) is 24.8 Å². The van der Waals surface area contributed by atoms with Gasteiger partial charge in [-0.2, -0.15) is 9.37 Å². The molecule has 0 bridgehead atoms. The Hall–Kier alpha value is -3.88. The van der Waals surface area contributed by atoms with E-state index < -0.39 is 23.0 Å². The maximum atomic E-state index is 13.8. The van der Waals surface area contributed by atoms with Gasteiger partial charge in [-0.05, 0) is 35.9 Å². The van der Waals surface area contributed by atoms with Crippen LogP contribution in [0.2, 0.25) is 0 Å². The van der Waals surface area contributed by atoms with Gasteiger partial charge < -0.3 is 14.9 Å². The second kappa shape index (κ2) is 7.27. The molecule has 0 saturated heterocycles. The number of nitrogens with zero attached hydrogens (tertiary/aromatic N) is 2. The minimum atomic E-state index is -1.11. The predicted molar refractivity (Wildman–Crippen MR) is 102 cm³/mol. The summed E-state index contributed by atoms with van der Waals surface area (Å²) in [4.78, 5) is 30.0. The Morgan fingerprint density at radius 1 is 1.00 bits per heavy atom.